The van der Waals surface area contributed by atoms with Gasteiger partial charge in [0.25, 0.3) is 0 Å². The molecule has 0 radical (unpaired) electrons. The van der Waals surface area contributed by atoms with Crippen LogP contribution >= 0.6 is 11.6 Å². The average Bonchev–Trinajstić information content (AvgIpc) is 2.41. The largest absolute Gasteiger partial charge is 0.469 e. The molecule has 2 heterocycles. The summed E-state index contributed by atoms with van der Waals surface area (Å²) in [5.74, 6) is -0.0991. The van der Waals surface area contributed by atoms with Gasteiger partial charge in [0.05, 0.1) is 13.0 Å². The second-order valence-corrected chi connectivity index (χ2v) is 4.97. The number of pyridine rings is 1. The monoisotopic (exact) mass is 268 g/mol. The van der Waals surface area contributed by atoms with Crippen molar-refractivity contribution in [2.45, 2.75) is 19.4 Å². The van der Waals surface area contributed by atoms with Gasteiger partial charge >= 0.3 is 5.97 Å². The number of halogens is 1. The van der Waals surface area contributed by atoms with Gasteiger partial charge in [0, 0.05) is 19.3 Å². The molecule has 0 spiro atoms. The van der Waals surface area contributed by atoms with Crippen LogP contribution in [0.15, 0.2) is 18.3 Å². The van der Waals surface area contributed by atoms with Gasteiger partial charge in [-0.1, -0.05) is 17.7 Å². The average molecular weight is 269 g/mol. The lowest BCUT2D eigenvalue weighted by atomic mass is 9.98. The topological polar surface area (TPSA) is 42.4 Å². The van der Waals surface area contributed by atoms with E-state index in [1.165, 1.54) is 7.11 Å². The van der Waals surface area contributed by atoms with E-state index in [2.05, 4.69) is 9.88 Å². The van der Waals surface area contributed by atoms with Gasteiger partial charge in [-0.2, -0.15) is 0 Å². The fourth-order valence-corrected chi connectivity index (χ4v) is 2.43. The second kappa shape index (κ2) is 6.16. The molecule has 0 aliphatic carbocycles. The summed E-state index contributed by atoms with van der Waals surface area (Å²) in [7, 11) is 1.45. The lowest BCUT2D eigenvalue weighted by Crippen LogP contribution is -2.38. The number of carbonyl (C=O) groups excluding carboxylic acids is 1. The van der Waals surface area contributed by atoms with Crippen LogP contribution in [0.5, 0.6) is 0 Å². The first-order valence-electron chi connectivity index (χ1n) is 6.09. The molecular formula is C13H17ClN2O2. The van der Waals surface area contributed by atoms with Crippen LogP contribution in [0.2, 0.25) is 5.15 Å². The molecule has 1 aliphatic heterocycles. The van der Waals surface area contributed by atoms with E-state index < -0.39 is 0 Å². The van der Waals surface area contributed by atoms with Crippen molar-refractivity contribution in [2.24, 2.45) is 5.92 Å². The van der Waals surface area contributed by atoms with E-state index in [1.54, 1.807) is 12.3 Å². The highest BCUT2D eigenvalue weighted by Gasteiger charge is 2.26. The highest BCUT2D eigenvalue weighted by atomic mass is 35.5. The minimum atomic E-state index is -0.103. The number of aromatic nitrogens is 1. The van der Waals surface area contributed by atoms with Crippen LogP contribution in [-0.4, -0.2) is 36.1 Å². The van der Waals surface area contributed by atoms with Crippen molar-refractivity contribution in [2.75, 3.05) is 20.2 Å². The molecule has 1 saturated heterocycles. The number of hydrogen-bond donors (Lipinski definition) is 0. The van der Waals surface area contributed by atoms with Crippen LogP contribution in [0.4, 0.5) is 0 Å². The molecule has 18 heavy (non-hydrogen) atoms. The molecule has 0 aromatic carbocycles. The summed E-state index contributed by atoms with van der Waals surface area (Å²) in [4.78, 5) is 17.9. The van der Waals surface area contributed by atoms with Crippen molar-refractivity contribution < 1.29 is 9.53 Å². The molecule has 0 saturated carbocycles. The fraction of sp³-hybridized carbons (Fsp3) is 0.538. The minimum Gasteiger partial charge on any atom is -0.469 e. The summed E-state index contributed by atoms with van der Waals surface area (Å²) in [5, 5.41) is 0.504. The van der Waals surface area contributed by atoms with Crippen molar-refractivity contribution >= 4 is 17.6 Å². The number of esters is 1. The van der Waals surface area contributed by atoms with Crippen LogP contribution in [0, 0.1) is 5.92 Å². The van der Waals surface area contributed by atoms with E-state index in [0.717, 1.165) is 38.0 Å². The molecule has 1 aromatic heterocycles. The maximum atomic E-state index is 11.5. The quantitative estimate of drug-likeness (QED) is 0.622. The zero-order valence-electron chi connectivity index (χ0n) is 10.4. The van der Waals surface area contributed by atoms with Gasteiger partial charge in [0.15, 0.2) is 0 Å². The molecule has 1 aliphatic rings. The highest BCUT2D eigenvalue weighted by Crippen LogP contribution is 2.19. The number of nitrogens with zero attached hydrogens (tertiary/aromatic N) is 2. The predicted octanol–water partition coefficient (Wildman–Crippen LogP) is 2.12. The molecular weight excluding hydrogens is 252 g/mol. The van der Waals surface area contributed by atoms with Gasteiger partial charge in [-0.25, -0.2) is 4.98 Å². The molecule has 0 bridgehead atoms. The minimum absolute atomic E-state index is 0.00371. The summed E-state index contributed by atoms with van der Waals surface area (Å²) in [6.45, 7) is 2.57. The summed E-state index contributed by atoms with van der Waals surface area (Å²) in [6, 6.07) is 3.76. The van der Waals surface area contributed by atoms with Crippen molar-refractivity contribution in [1.82, 2.24) is 9.88 Å². The normalized spacial score (nSPS) is 20.7. The Hall–Kier alpha value is -1.13. The third-order valence-electron chi connectivity index (χ3n) is 3.23. The molecule has 1 aromatic rings. The maximum absolute atomic E-state index is 11.5. The van der Waals surface area contributed by atoms with Crippen LogP contribution in [0.3, 0.4) is 0 Å². The van der Waals surface area contributed by atoms with Gasteiger partial charge in [-0.05, 0) is 31.0 Å². The second-order valence-electron chi connectivity index (χ2n) is 4.59. The Labute approximate surface area is 112 Å². The smallest absolute Gasteiger partial charge is 0.309 e. The van der Waals surface area contributed by atoms with Gasteiger partial charge in [0.1, 0.15) is 5.15 Å². The summed E-state index contributed by atoms with van der Waals surface area (Å²) < 4.78 is 4.81. The Kier molecular flexibility index (Phi) is 4.55. The lowest BCUT2D eigenvalue weighted by molar-refractivity contribution is -0.147. The Balaban J connectivity index is 1.93. The van der Waals surface area contributed by atoms with Crippen molar-refractivity contribution in [1.29, 1.82) is 0 Å². The van der Waals surface area contributed by atoms with E-state index in [0.29, 0.717) is 5.15 Å². The van der Waals surface area contributed by atoms with Crippen molar-refractivity contribution in [3.05, 3.63) is 29.0 Å². The van der Waals surface area contributed by atoms with Crippen LogP contribution < -0.4 is 0 Å². The molecule has 1 atom stereocenters. The van der Waals surface area contributed by atoms with Crippen LogP contribution in [0.25, 0.3) is 0 Å². The number of methoxy groups -OCH3 is 1. The van der Waals surface area contributed by atoms with Crippen LogP contribution in [-0.2, 0) is 16.1 Å². The van der Waals surface area contributed by atoms with Crippen LogP contribution in [0.1, 0.15) is 18.4 Å². The zero-order chi connectivity index (χ0) is 13.0. The molecule has 0 N–H and O–H groups in total. The number of rotatable bonds is 3. The molecule has 1 fully saturated rings. The Bertz CT molecular complexity index is 408. The molecule has 0 unspecified atom stereocenters. The fourth-order valence-electron chi connectivity index (χ4n) is 2.32. The van der Waals surface area contributed by atoms with Gasteiger partial charge in [-0.15, -0.1) is 0 Å². The van der Waals surface area contributed by atoms with Gasteiger partial charge in [-0.3, -0.25) is 9.69 Å². The molecule has 4 nitrogen and oxygen atoms in total. The first-order valence-corrected chi connectivity index (χ1v) is 6.47. The first kappa shape index (κ1) is 13.3. The van der Waals surface area contributed by atoms with Crippen molar-refractivity contribution in [3.63, 3.8) is 0 Å². The molecule has 5 heteroatoms. The van der Waals surface area contributed by atoms with E-state index in [4.69, 9.17) is 16.3 Å². The number of likely N-dealkylation sites (tertiary alicyclic amines) is 1. The summed E-state index contributed by atoms with van der Waals surface area (Å²) in [6.07, 6.45) is 3.73. The number of ether oxygens (including phenoxy) is 1. The molecule has 98 valence electrons. The number of hydrogen-bond acceptors (Lipinski definition) is 4. The van der Waals surface area contributed by atoms with Gasteiger partial charge in [0.2, 0.25) is 0 Å². The molecule has 2 rings (SSSR count). The summed E-state index contributed by atoms with van der Waals surface area (Å²) >= 11 is 5.75. The first-order chi connectivity index (χ1) is 8.69. The highest BCUT2D eigenvalue weighted by molar-refractivity contribution is 6.29. The van der Waals surface area contributed by atoms with E-state index >= 15 is 0 Å². The number of carbonyl (C=O) groups is 1. The lowest BCUT2D eigenvalue weighted by Gasteiger charge is -2.31. The zero-order valence-corrected chi connectivity index (χ0v) is 11.2. The number of piperidine rings is 1. The molecule has 0 amide bonds. The van der Waals surface area contributed by atoms with E-state index in [1.807, 2.05) is 6.07 Å². The standard InChI is InChI=1S/C13H17ClN2O2/c1-18-13(17)11-3-2-6-16(9-11)8-10-4-5-12(14)15-7-10/h4-5,7,11H,2-3,6,8-9H2,1H3/t11-/m0/s1. The predicted molar refractivity (Wildman–Crippen MR) is 69.3 cm³/mol. The van der Waals surface area contributed by atoms with E-state index in [9.17, 15) is 4.79 Å². The maximum Gasteiger partial charge on any atom is 0.309 e. The van der Waals surface area contributed by atoms with Crippen molar-refractivity contribution in [3.8, 4) is 0 Å². The van der Waals surface area contributed by atoms with Gasteiger partial charge < -0.3 is 4.74 Å². The SMILES string of the molecule is COC(=O)[C@H]1CCCN(Cc2ccc(Cl)nc2)C1. The Morgan fingerprint density at radius 3 is 3.11 bits per heavy atom. The Morgan fingerprint density at radius 2 is 2.44 bits per heavy atom. The Morgan fingerprint density at radius 1 is 1.61 bits per heavy atom. The van der Waals surface area contributed by atoms with E-state index in [-0.39, 0.29) is 11.9 Å². The third-order valence-corrected chi connectivity index (χ3v) is 3.46. The third kappa shape index (κ3) is 3.43. The summed E-state index contributed by atoms with van der Waals surface area (Å²) in [5.41, 5.74) is 1.12.